The van der Waals surface area contributed by atoms with Crippen LogP contribution in [0.4, 0.5) is 0 Å². The van der Waals surface area contributed by atoms with E-state index in [2.05, 4.69) is 32.2 Å². The van der Waals surface area contributed by atoms with Gasteiger partial charge in [-0.25, -0.2) is 4.98 Å². The van der Waals surface area contributed by atoms with Crippen LogP contribution in [0.25, 0.3) is 0 Å². The van der Waals surface area contributed by atoms with Crippen LogP contribution in [-0.2, 0) is 6.42 Å². The molecule has 6 heteroatoms. The van der Waals surface area contributed by atoms with Crippen molar-refractivity contribution >= 4 is 29.1 Å². The van der Waals surface area contributed by atoms with Crippen LogP contribution in [0.15, 0.2) is 10.4 Å². The first-order valence-corrected chi connectivity index (χ1v) is 9.29. The van der Waals surface area contributed by atoms with Crippen molar-refractivity contribution in [2.75, 3.05) is 19.8 Å². The molecule has 112 valence electrons. The van der Waals surface area contributed by atoms with Crippen LogP contribution >= 0.6 is 23.1 Å². The number of rotatable bonds is 5. The molecule has 2 N–H and O–H groups in total. The van der Waals surface area contributed by atoms with Gasteiger partial charge in [0.05, 0.1) is 10.7 Å². The fraction of sp³-hybridized carbons (Fsp3) is 0.714. The van der Waals surface area contributed by atoms with Crippen molar-refractivity contribution in [3.8, 4) is 0 Å². The second kappa shape index (κ2) is 7.88. The predicted molar refractivity (Wildman–Crippen MR) is 90.0 cm³/mol. The number of guanidine groups is 1. The SMILES string of the molecule is CN=C(NCCc1csc(C)n1)NC1CCC(SC)C1. The molecule has 1 aliphatic carbocycles. The van der Waals surface area contributed by atoms with Crippen LogP contribution in [0, 0.1) is 6.92 Å². The van der Waals surface area contributed by atoms with E-state index in [1.54, 1.807) is 11.3 Å². The van der Waals surface area contributed by atoms with Crippen LogP contribution in [-0.4, -0.2) is 42.1 Å². The average Bonchev–Trinajstić information content (AvgIpc) is 3.06. The van der Waals surface area contributed by atoms with Gasteiger partial charge >= 0.3 is 0 Å². The number of aliphatic imine (C=N–C) groups is 1. The molecular formula is C14H24N4S2. The van der Waals surface area contributed by atoms with Crippen LogP contribution in [0.5, 0.6) is 0 Å². The maximum absolute atomic E-state index is 4.47. The fourth-order valence-electron chi connectivity index (χ4n) is 2.51. The molecule has 1 fully saturated rings. The number of aryl methyl sites for hydroxylation is 1. The van der Waals surface area contributed by atoms with Gasteiger partial charge in [-0.05, 0) is 32.4 Å². The summed E-state index contributed by atoms with van der Waals surface area (Å²) in [5.74, 6) is 0.920. The number of nitrogens with zero attached hydrogens (tertiary/aromatic N) is 2. The normalized spacial score (nSPS) is 23.1. The minimum Gasteiger partial charge on any atom is -0.356 e. The molecule has 0 saturated heterocycles. The topological polar surface area (TPSA) is 49.3 Å². The van der Waals surface area contributed by atoms with Crippen molar-refractivity contribution < 1.29 is 0 Å². The summed E-state index contributed by atoms with van der Waals surface area (Å²) in [6, 6.07) is 0.570. The minimum absolute atomic E-state index is 0.570. The molecule has 0 spiro atoms. The monoisotopic (exact) mass is 312 g/mol. The third-order valence-corrected chi connectivity index (χ3v) is 5.54. The molecule has 1 aromatic heterocycles. The maximum atomic E-state index is 4.47. The summed E-state index contributed by atoms with van der Waals surface area (Å²) in [5.41, 5.74) is 1.17. The van der Waals surface area contributed by atoms with E-state index in [1.807, 2.05) is 25.7 Å². The van der Waals surface area contributed by atoms with Crippen LogP contribution in [0.3, 0.4) is 0 Å². The summed E-state index contributed by atoms with van der Waals surface area (Å²) >= 11 is 3.69. The first kappa shape index (κ1) is 15.6. The highest BCUT2D eigenvalue weighted by atomic mass is 32.2. The van der Waals surface area contributed by atoms with E-state index in [4.69, 9.17) is 0 Å². The smallest absolute Gasteiger partial charge is 0.191 e. The van der Waals surface area contributed by atoms with Gasteiger partial charge in [-0.1, -0.05) is 0 Å². The molecule has 20 heavy (non-hydrogen) atoms. The average molecular weight is 313 g/mol. The number of thioether (sulfide) groups is 1. The van der Waals surface area contributed by atoms with Gasteiger partial charge in [-0.15, -0.1) is 11.3 Å². The molecular weight excluding hydrogens is 288 g/mol. The lowest BCUT2D eigenvalue weighted by molar-refractivity contribution is 0.614. The van der Waals surface area contributed by atoms with Gasteiger partial charge < -0.3 is 10.6 Å². The molecule has 0 amide bonds. The largest absolute Gasteiger partial charge is 0.356 e. The highest BCUT2D eigenvalue weighted by molar-refractivity contribution is 7.99. The number of nitrogens with one attached hydrogen (secondary N) is 2. The Kier molecular flexibility index (Phi) is 6.16. The zero-order valence-corrected chi connectivity index (χ0v) is 14.1. The van der Waals surface area contributed by atoms with E-state index >= 15 is 0 Å². The van der Waals surface area contributed by atoms with Crippen molar-refractivity contribution in [2.24, 2.45) is 4.99 Å². The second-order valence-electron chi connectivity index (χ2n) is 5.12. The Bertz CT molecular complexity index is 444. The molecule has 1 heterocycles. The van der Waals surface area contributed by atoms with Crippen molar-refractivity contribution in [1.82, 2.24) is 15.6 Å². The second-order valence-corrected chi connectivity index (χ2v) is 7.32. The van der Waals surface area contributed by atoms with Crippen molar-refractivity contribution in [2.45, 2.75) is 43.9 Å². The molecule has 0 aromatic carbocycles. The van der Waals surface area contributed by atoms with Gasteiger partial charge in [0.15, 0.2) is 5.96 Å². The van der Waals surface area contributed by atoms with Gasteiger partial charge in [0, 0.05) is 36.7 Å². The van der Waals surface area contributed by atoms with E-state index in [0.29, 0.717) is 6.04 Å². The van der Waals surface area contributed by atoms with Crippen LogP contribution in [0.1, 0.15) is 30.0 Å². The standard InChI is InChI=1S/C14H24N4S2/c1-10-17-12(9-20-10)6-7-16-14(15-2)18-11-4-5-13(8-11)19-3/h9,11,13H,4-8H2,1-3H3,(H2,15,16,18). The zero-order valence-electron chi connectivity index (χ0n) is 12.5. The Morgan fingerprint density at radius 2 is 2.40 bits per heavy atom. The lowest BCUT2D eigenvalue weighted by Crippen LogP contribution is -2.43. The molecule has 1 aromatic rings. The van der Waals surface area contributed by atoms with Crippen molar-refractivity contribution in [1.29, 1.82) is 0 Å². The van der Waals surface area contributed by atoms with Gasteiger partial charge in [0.25, 0.3) is 0 Å². The minimum atomic E-state index is 0.570. The van der Waals surface area contributed by atoms with Crippen LogP contribution < -0.4 is 10.6 Å². The number of hydrogen-bond acceptors (Lipinski definition) is 4. The molecule has 2 atom stereocenters. The van der Waals surface area contributed by atoms with E-state index in [9.17, 15) is 0 Å². The molecule has 2 rings (SSSR count). The summed E-state index contributed by atoms with van der Waals surface area (Å²) in [6.07, 6.45) is 6.96. The Balaban J connectivity index is 1.70. The Morgan fingerprint density at radius 3 is 3.00 bits per heavy atom. The quantitative estimate of drug-likeness (QED) is 0.648. The predicted octanol–water partition coefficient (Wildman–Crippen LogP) is 2.44. The third kappa shape index (κ3) is 4.66. The molecule has 1 saturated carbocycles. The first-order valence-electron chi connectivity index (χ1n) is 7.12. The summed E-state index contributed by atoms with van der Waals surface area (Å²) in [5, 5.41) is 11.0. The number of hydrogen-bond donors (Lipinski definition) is 2. The summed E-state index contributed by atoms with van der Waals surface area (Å²) in [4.78, 5) is 8.78. The van der Waals surface area contributed by atoms with Gasteiger partial charge in [0.2, 0.25) is 0 Å². The lowest BCUT2D eigenvalue weighted by Gasteiger charge is -2.17. The Morgan fingerprint density at radius 1 is 1.55 bits per heavy atom. The van der Waals surface area contributed by atoms with E-state index in [1.165, 1.54) is 25.0 Å². The van der Waals surface area contributed by atoms with Gasteiger partial charge in [-0.3, -0.25) is 4.99 Å². The first-order chi connectivity index (χ1) is 9.71. The summed E-state index contributed by atoms with van der Waals surface area (Å²) < 4.78 is 0. The molecule has 2 unspecified atom stereocenters. The van der Waals surface area contributed by atoms with Gasteiger partial charge in [-0.2, -0.15) is 11.8 Å². The summed E-state index contributed by atoms with van der Waals surface area (Å²) in [7, 11) is 1.84. The van der Waals surface area contributed by atoms with Crippen LogP contribution in [0.2, 0.25) is 0 Å². The Hall–Kier alpha value is -0.750. The number of thiazole rings is 1. The maximum Gasteiger partial charge on any atom is 0.191 e. The number of aromatic nitrogens is 1. The summed E-state index contributed by atoms with van der Waals surface area (Å²) in [6.45, 7) is 2.92. The molecule has 0 radical (unpaired) electrons. The Labute approximate surface area is 129 Å². The molecule has 4 nitrogen and oxygen atoms in total. The van der Waals surface area contributed by atoms with E-state index in [0.717, 1.165) is 29.2 Å². The highest BCUT2D eigenvalue weighted by Gasteiger charge is 2.24. The van der Waals surface area contributed by atoms with E-state index < -0.39 is 0 Å². The molecule has 1 aliphatic rings. The highest BCUT2D eigenvalue weighted by Crippen LogP contribution is 2.27. The molecule has 0 aliphatic heterocycles. The zero-order chi connectivity index (χ0) is 14.4. The van der Waals surface area contributed by atoms with Crippen molar-refractivity contribution in [3.05, 3.63) is 16.1 Å². The van der Waals surface area contributed by atoms with E-state index in [-0.39, 0.29) is 0 Å². The van der Waals surface area contributed by atoms with Crippen molar-refractivity contribution in [3.63, 3.8) is 0 Å². The molecule has 0 bridgehead atoms. The fourth-order valence-corrected chi connectivity index (χ4v) is 3.95. The third-order valence-electron chi connectivity index (χ3n) is 3.62. The lowest BCUT2D eigenvalue weighted by atomic mass is 10.2. The van der Waals surface area contributed by atoms with Gasteiger partial charge in [0.1, 0.15) is 0 Å².